The molecule has 4 heteroatoms. The monoisotopic (exact) mass is 243 g/mol. The Morgan fingerprint density at radius 3 is 2.88 bits per heavy atom. The lowest BCUT2D eigenvalue weighted by Crippen LogP contribution is -2.51. The van der Waals surface area contributed by atoms with Gasteiger partial charge >= 0.3 is 0 Å². The molecule has 1 aliphatic heterocycles. The summed E-state index contributed by atoms with van der Waals surface area (Å²) in [6.45, 7) is 6.27. The van der Waals surface area contributed by atoms with Crippen molar-refractivity contribution in [1.82, 2.24) is 10.2 Å². The first-order valence-electron chi connectivity index (χ1n) is 6.81. The first kappa shape index (κ1) is 14.9. The van der Waals surface area contributed by atoms with E-state index in [-0.39, 0.29) is 0 Å². The normalized spacial score (nSPS) is 28.2. The summed E-state index contributed by atoms with van der Waals surface area (Å²) in [5, 5.41) is 3.75. The van der Waals surface area contributed by atoms with Crippen LogP contribution in [0.25, 0.3) is 0 Å². The zero-order chi connectivity index (χ0) is 12.7. The zero-order valence-electron chi connectivity index (χ0n) is 11.6. The molecule has 1 saturated heterocycles. The largest absolute Gasteiger partial charge is 0.383 e. The van der Waals surface area contributed by atoms with Gasteiger partial charge in [-0.3, -0.25) is 0 Å². The highest BCUT2D eigenvalue weighted by molar-refractivity contribution is 4.84. The fourth-order valence-electron chi connectivity index (χ4n) is 2.68. The molecule has 3 atom stereocenters. The molecule has 1 aliphatic rings. The third-order valence-electron chi connectivity index (χ3n) is 3.68. The van der Waals surface area contributed by atoms with Gasteiger partial charge in [0.25, 0.3) is 0 Å². The van der Waals surface area contributed by atoms with Crippen LogP contribution in [-0.2, 0) is 4.74 Å². The van der Waals surface area contributed by atoms with E-state index in [9.17, 15) is 0 Å². The molecule has 1 heterocycles. The number of rotatable bonds is 7. The molecule has 0 aromatic rings. The fourth-order valence-corrected chi connectivity index (χ4v) is 2.68. The van der Waals surface area contributed by atoms with Crippen LogP contribution in [0, 0.1) is 5.92 Å². The Balaban J connectivity index is 2.37. The smallest absolute Gasteiger partial charge is 0.0615 e. The van der Waals surface area contributed by atoms with E-state index >= 15 is 0 Å². The van der Waals surface area contributed by atoms with Gasteiger partial charge in [0.2, 0.25) is 0 Å². The van der Waals surface area contributed by atoms with Gasteiger partial charge in [-0.15, -0.1) is 0 Å². The van der Waals surface area contributed by atoms with Gasteiger partial charge in [0.15, 0.2) is 0 Å². The summed E-state index contributed by atoms with van der Waals surface area (Å²) in [5.74, 6) is 0.714. The number of nitrogens with zero attached hydrogens (tertiary/aromatic N) is 1. The number of hydrogen-bond donors (Lipinski definition) is 2. The quantitative estimate of drug-likeness (QED) is 0.690. The first-order valence-corrected chi connectivity index (χ1v) is 6.81. The molecule has 0 radical (unpaired) electrons. The third-order valence-corrected chi connectivity index (χ3v) is 3.68. The summed E-state index contributed by atoms with van der Waals surface area (Å²) >= 11 is 0. The molecule has 4 nitrogen and oxygen atoms in total. The van der Waals surface area contributed by atoms with Crippen molar-refractivity contribution >= 4 is 0 Å². The summed E-state index contributed by atoms with van der Waals surface area (Å²) in [6.07, 6.45) is 3.42. The SMILES string of the molecule is COCC(CCCN)NC1CCN(C)CC1C. The van der Waals surface area contributed by atoms with E-state index in [1.165, 1.54) is 19.5 Å². The molecule has 3 N–H and O–H groups in total. The van der Waals surface area contributed by atoms with Crippen molar-refractivity contribution in [2.24, 2.45) is 11.7 Å². The highest BCUT2D eigenvalue weighted by Crippen LogP contribution is 2.16. The number of likely N-dealkylation sites (tertiary alicyclic amines) is 1. The van der Waals surface area contributed by atoms with Crippen LogP contribution in [0.3, 0.4) is 0 Å². The molecule has 17 heavy (non-hydrogen) atoms. The van der Waals surface area contributed by atoms with Gasteiger partial charge < -0.3 is 20.7 Å². The zero-order valence-corrected chi connectivity index (χ0v) is 11.6. The van der Waals surface area contributed by atoms with Gasteiger partial charge in [-0.05, 0) is 45.3 Å². The number of ether oxygens (including phenoxy) is 1. The van der Waals surface area contributed by atoms with Gasteiger partial charge in [-0.2, -0.15) is 0 Å². The number of methoxy groups -OCH3 is 1. The molecular weight excluding hydrogens is 214 g/mol. The van der Waals surface area contributed by atoms with E-state index in [1.807, 2.05) is 0 Å². The Morgan fingerprint density at radius 1 is 1.53 bits per heavy atom. The Labute approximate surface area is 106 Å². The highest BCUT2D eigenvalue weighted by Gasteiger charge is 2.25. The lowest BCUT2D eigenvalue weighted by molar-refractivity contribution is 0.123. The van der Waals surface area contributed by atoms with Crippen molar-refractivity contribution in [3.05, 3.63) is 0 Å². The summed E-state index contributed by atoms with van der Waals surface area (Å²) in [7, 11) is 3.98. The number of nitrogens with one attached hydrogen (secondary N) is 1. The topological polar surface area (TPSA) is 50.5 Å². The lowest BCUT2D eigenvalue weighted by atomic mass is 9.93. The molecule has 0 aromatic carbocycles. The maximum atomic E-state index is 5.58. The second kappa shape index (κ2) is 8.03. The third kappa shape index (κ3) is 5.34. The Morgan fingerprint density at radius 2 is 2.29 bits per heavy atom. The van der Waals surface area contributed by atoms with Crippen LogP contribution in [0.15, 0.2) is 0 Å². The van der Waals surface area contributed by atoms with E-state index in [2.05, 4.69) is 24.2 Å². The van der Waals surface area contributed by atoms with E-state index in [0.29, 0.717) is 18.0 Å². The summed E-state index contributed by atoms with van der Waals surface area (Å²) in [6, 6.07) is 1.09. The second-order valence-electron chi connectivity index (χ2n) is 5.38. The molecular formula is C13H29N3O. The average Bonchev–Trinajstić information content (AvgIpc) is 2.29. The average molecular weight is 243 g/mol. The van der Waals surface area contributed by atoms with Crippen LogP contribution in [0.5, 0.6) is 0 Å². The van der Waals surface area contributed by atoms with Gasteiger partial charge in [-0.25, -0.2) is 0 Å². The molecule has 0 aliphatic carbocycles. The second-order valence-corrected chi connectivity index (χ2v) is 5.38. The first-order chi connectivity index (χ1) is 8.17. The molecule has 1 rings (SSSR count). The molecule has 0 spiro atoms. The van der Waals surface area contributed by atoms with Crippen LogP contribution in [0.1, 0.15) is 26.2 Å². The number of piperidine rings is 1. The summed E-state index contributed by atoms with van der Waals surface area (Å²) in [5.41, 5.74) is 5.58. The standard InChI is InChI=1S/C13H29N3O/c1-11-9-16(2)8-6-13(11)15-12(10-17-3)5-4-7-14/h11-13,15H,4-10,14H2,1-3H3. The van der Waals surface area contributed by atoms with E-state index in [4.69, 9.17) is 10.5 Å². The molecule has 3 unspecified atom stereocenters. The number of hydrogen-bond acceptors (Lipinski definition) is 4. The predicted octanol–water partition coefficient (Wildman–Crippen LogP) is 0.670. The molecule has 1 fully saturated rings. The molecule has 0 amide bonds. The molecule has 102 valence electrons. The molecule has 0 saturated carbocycles. The van der Waals surface area contributed by atoms with Crippen LogP contribution in [-0.4, -0.2) is 57.4 Å². The van der Waals surface area contributed by atoms with Crippen LogP contribution in [0.2, 0.25) is 0 Å². The van der Waals surface area contributed by atoms with Crippen molar-refractivity contribution in [3.63, 3.8) is 0 Å². The molecule has 0 bridgehead atoms. The minimum atomic E-state index is 0.458. The van der Waals surface area contributed by atoms with Gasteiger partial charge in [0.1, 0.15) is 0 Å². The Bertz CT molecular complexity index is 201. The fraction of sp³-hybridized carbons (Fsp3) is 1.00. The highest BCUT2D eigenvalue weighted by atomic mass is 16.5. The summed E-state index contributed by atoms with van der Waals surface area (Å²) in [4.78, 5) is 2.41. The van der Waals surface area contributed by atoms with Gasteiger partial charge in [0, 0.05) is 25.7 Å². The van der Waals surface area contributed by atoms with Crippen LogP contribution in [0.4, 0.5) is 0 Å². The predicted molar refractivity (Wildman–Crippen MR) is 72.2 cm³/mol. The van der Waals surface area contributed by atoms with Crippen LogP contribution >= 0.6 is 0 Å². The van der Waals surface area contributed by atoms with Gasteiger partial charge in [0.05, 0.1) is 6.61 Å². The van der Waals surface area contributed by atoms with E-state index in [1.54, 1.807) is 7.11 Å². The summed E-state index contributed by atoms with van der Waals surface area (Å²) < 4.78 is 5.29. The van der Waals surface area contributed by atoms with Crippen molar-refractivity contribution < 1.29 is 4.74 Å². The Kier molecular flexibility index (Phi) is 7.04. The maximum absolute atomic E-state index is 5.58. The lowest BCUT2D eigenvalue weighted by Gasteiger charge is -2.37. The van der Waals surface area contributed by atoms with Crippen molar-refractivity contribution in [1.29, 1.82) is 0 Å². The van der Waals surface area contributed by atoms with Crippen molar-refractivity contribution in [2.75, 3.05) is 40.4 Å². The molecule has 0 aromatic heterocycles. The van der Waals surface area contributed by atoms with E-state index < -0.39 is 0 Å². The van der Waals surface area contributed by atoms with Crippen LogP contribution < -0.4 is 11.1 Å². The Hall–Kier alpha value is -0.160. The van der Waals surface area contributed by atoms with E-state index in [0.717, 1.165) is 26.0 Å². The minimum absolute atomic E-state index is 0.458. The van der Waals surface area contributed by atoms with Crippen molar-refractivity contribution in [2.45, 2.75) is 38.3 Å². The minimum Gasteiger partial charge on any atom is -0.383 e. The van der Waals surface area contributed by atoms with Crippen molar-refractivity contribution in [3.8, 4) is 0 Å². The number of nitrogens with two attached hydrogens (primary N) is 1. The maximum Gasteiger partial charge on any atom is 0.0615 e. The van der Waals surface area contributed by atoms with Gasteiger partial charge in [-0.1, -0.05) is 6.92 Å².